The van der Waals surface area contributed by atoms with Crippen LogP contribution in [0.3, 0.4) is 0 Å². The van der Waals surface area contributed by atoms with Crippen molar-refractivity contribution < 1.29 is 15.6 Å². The van der Waals surface area contributed by atoms with Crippen LogP contribution in [0.5, 0.6) is 0 Å². The van der Waals surface area contributed by atoms with Gasteiger partial charge in [-0.05, 0) is 0 Å². The van der Waals surface area contributed by atoms with Crippen molar-refractivity contribution in [3.8, 4) is 0 Å². The minimum atomic E-state index is -4.56. The van der Waals surface area contributed by atoms with Crippen molar-refractivity contribution in [2.75, 3.05) is 26.7 Å². The summed E-state index contributed by atoms with van der Waals surface area (Å²) >= 11 is 3.24. The number of halogens is 4. The number of hydrogen-bond donors (Lipinski definition) is 0. The molecule has 0 bridgehead atoms. The van der Waals surface area contributed by atoms with E-state index in [0.717, 1.165) is 0 Å². The third-order valence-corrected chi connectivity index (χ3v) is 64.0. The Hall–Kier alpha value is 1.42. The molecule has 0 aliphatic heterocycles. The van der Waals surface area contributed by atoms with Gasteiger partial charge in [-0.15, -0.1) is 0 Å². The van der Waals surface area contributed by atoms with Gasteiger partial charge in [0, 0.05) is 0 Å². The van der Waals surface area contributed by atoms with Gasteiger partial charge >= 0.3 is 236 Å². The van der Waals surface area contributed by atoms with E-state index in [0.29, 0.717) is 0 Å². The molecule has 8 heteroatoms. The quantitative estimate of drug-likeness (QED) is 0.211. The van der Waals surface area contributed by atoms with E-state index in [4.69, 9.17) is 17.0 Å². The summed E-state index contributed by atoms with van der Waals surface area (Å²) in [6, 6.07) is 9.49. The molecule has 0 fully saturated rings. The van der Waals surface area contributed by atoms with E-state index < -0.39 is 21.5 Å². The summed E-state index contributed by atoms with van der Waals surface area (Å²) in [6.07, 6.45) is 4.71. The van der Waals surface area contributed by atoms with Crippen LogP contribution in [0.25, 0.3) is 12.2 Å². The molecule has 0 heterocycles. The summed E-state index contributed by atoms with van der Waals surface area (Å²) in [5.74, 6) is -1.49. The summed E-state index contributed by atoms with van der Waals surface area (Å²) in [5, 5.41) is 2.83. The van der Waals surface area contributed by atoms with Crippen LogP contribution in [0.15, 0.2) is 44.4 Å². The third kappa shape index (κ3) is 4.39. The Bertz CT molecular complexity index is 1160. The van der Waals surface area contributed by atoms with Gasteiger partial charge in [0.15, 0.2) is 0 Å². The molecule has 0 N–H and O–H groups in total. The maximum absolute atomic E-state index is 8.29. The molecule has 0 radical (unpaired) electrons. The minimum absolute atomic E-state index is 0.157. The van der Waals surface area contributed by atoms with Crippen molar-refractivity contribution in [1.82, 2.24) is 0 Å². The van der Waals surface area contributed by atoms with E-state index in [-0.39, 0.29) is 23.1 Å². The first-order valence-corrected chi connectivity index (χ1v) is 34.0. The molecule has 0 aromatic heterocycles. The fraction of sp³-hybridized carbons (Fsp3) is 0.385. The first kappa shape index (κ1) is 28.4. The zero-order valence-corrected chi connectivity index (χ0v) is 31.2. The van der Waals surface area contributed by atoms with Crippen LogP contribution >= 0.6 is 64.7 Å². The molecule has 0 saturated carbocycles. The zero-order chi connectivity index (χ0) is 25.4. The summed E-state index contributed by atoms with van der Waals surface area (Å²) in [4.78, 5) is 0. The van der Waals surface area contributed by atoms with Gasteiger partial charge in [0.05, 0.1) is 0 Å². The Morgan fingerprint density at radius 1 is 0.735 bits per heavy atom. The fourth-order valence-electron chi connectivity index (χ4n) is 5.96. The van der Waals surface area contributed by atoms with E-state index in [1.165, 1.54) is 53.0 Å². The predicted molar refractivity (Wildman–Crippen MR) is 168 cm³/mol. The van der Waals surface area contributed by atoms with Crippen molar-refractivity contribution in [3.63, 3.8) is 0 Å². The van der Waals surface area contributed by atoms with E-state index in [9.17, 15) is 0 Å². The van der Waals surface area contributed by atoms with Crippen molar-refractivity contribution in [2.24, 2.45) is 0 Å². The molecule has 2 aromatic carbocycles. The van der Waals surface area contributed by atoms with Gasteiger partial charge in [-0.25, -0.2) is 0 Å². The average molecular weight is 758 g/mol. The molecular formula is C26H33Br2Cl2P2SiZr. The van der Waals surface area contributed by atoms with Crippen LogP contribution in [0.2, 0.25) is 13.1 Å². The van der Waals surface area contributed by atoms with Crippen molar-refractivity contribution in [3.05, 3.63) is 66.6 Å². The third-order valence-electron chi connectivity index (χ3n) is 7.81. The monoisotopic (exact) mass is 753 g/mol. The topological polar surface area (TPSA) is 0 Å². The van der Waals surface area contributed by atoms with Crippen LogP contribution < -0.4 is 10.6 Å². The van der Waals surface area contributed by atoms with Crippen LogP contribution in [0.1, 0.15) is 43.4 Å². The summed E-state index contributed by atoms with van der Waals surface area (Å²) < 4.78 is 2.68. The molecule has 183 valence electrons. The van der Waals surface area contributed by atoms with Crippen LogP contribution in [0.4, 0.5) is 0 Å². The van der Waals surface area contributed by atoms with E-state index in [1.54, 1.807) is 0 Å². The summed E-state index contributed by atoms with van der Waals surface area (Å²) in [6.45, 7) is 18.7. The molecule has 2 aromatic rings. The fourth-order valence-corrected chi connectivity index (χ4v) is 41.9. The number of hydrogen-bond acceptors (Lipinski definition) is 0. The normalized spacial score (nSPS) is 21.0. The molecule has 0 spiro atoms. The second-order valence-corrected chi connectivity index (χ2v) is 59.5. The SMILES string of the molecule is CC1=Cc2c(Br)cc(P(C)C)cc2[CH]1[Zr]([Cl])([Cl])([CH]1C(C)=Cc2c(Br)cc(P(C)C)cc21)[SiH](C)C. The number of allylic oxidation sites excluding steroid dienone is 2. The Kier molecular flexibility index (Phi) is 8.25. The molecule has 4 rings (SSSR count). The molecule has 0 nitrogen and oxygen atoms in total. The predicted octanol–water partition coefficient (Wildman–Crippen LogP) is 9.54. The van der Waals surface area contributed by atoms with Crippen LogP contribution in [0, 0.1) is 0 Å². The van der Waals surface area contributed by atoms with Crippen molar-refractivity contribution in [2.45, 2.75) is 34.2 Å². The Balaban J connectivity index is 2.02. The van der Waals surface area contributed by atoms with Gasteiger partial charge in [0.1, 0.15) is 0 Å². The second kappa shape index (κ2) is 9.87. The molecule has 2 aliphatic carbocycles. The Morgan fingerprint density at radius 3 is 1.38 bits per heavy atom. The molecule has 0 amide bonds. The summed E-state index contributed by atoms with van der Waals surface area (Å²) in [5.41, 5.74) is 8.04. The van der Waals surface area contributed by atoms with Gasteiger partial charge in [-0.2, -0.15) is 0 Å². The number of rotatable bonds is 5. The van der Waals surface area contributed by atoms with E-state index >= 15 is 0 Å². The van der Waals surface area contributed by atoms with Crippen LogP contribution in [-0.4, -0.2) is 32.6 Å². The molecule has 0 saturated heterocycles. The van der Waals surface area contributed by atoms with Gasteiger partial charge in [0.25, 0.3) is 0 Å². The first-order chi connectivity index (χ1) is 15.7. The van der Waals surface area contributed by atoms with Gasteiger partial charge in [-0.3, -0.25) is 0 Å². The molecular weight excluding hydrogens is 724 g/mol. The molecule has 2 unspecified atom stereocenters. The van der Waals surface area contributed by atoms with E-state index in [2.05, 4.69) is 122 Å². The van der Waals surface area contributed by atoms with Gasteiger partial charge < -0.3 is 0 Å². The van der Waals surface area contributed by atoms with Gasteiger partial charge in [0.2, 0.25) is 0 Å². The maximum atomic E-state index is 8.29. The standard InChI is InChI=1S/2C12H13BrP.C2H7Si.2ClH.Zr/c2*1-8-4-9-6-10(14(2)3)7-12(13)11(9)5-8;1-3-2;;;/h2*4-7H,1-3H3;3H,1-2H3;2*1H;/q;;;;;+2/p-2. The van der Waals surface area contributed by atoms with Crippen molar-refractivity contribution in [1.29, 1.82) is 0 Å². The Morgan fingerprint density at radius 2 is 1.09 bits per heavy atom. The number of benzene rings is 2. The average Bonchev–Trinajstić information content (AvgIpc) is 3.25. The number of fused-ring (bicyclic) bond motifs is 2. The van der Waals surface area contributed by atoms with E-state index in [1.807, 2.05) is 0 Å². The summed E-state index contributed by atoms with van der Waals surface area (Å²) in [7, 11) is 16.1. The second-order valence-electron chi connectivity index (χ2n) is 10.7. The molecule has 2 atom stereocenters. The van der Waals surface area contributed by atoms with Gasteiger partial charge in [-0.1, -0.05) is 0 Å². The molecule has 2 aliphatic rings. The van der Waals surface area contributed by atoms with Crippen LogP contribution in [-0.2, 0) is 15.6 Å². The first-order valence-electron chi connectivity index (χ1n) is 11.6. The zero-order valence-electron chi connectivity index (χ0n) is 21.1. The molecule has 34 heavy (non-hydrogen) atoms. The van der Waals surface area contributed by atoms with Crippen molar-refractivity contribution >= 4 is 93.4 Å². The Labute approximate surface area is 233 Å².